The van der Waals surface area contributed by atoms with E-state index in [9.17, 15) is 40.7 Å². The molecule has 1 rings (SSSR count). The third kappa shape index (κ3) is 4.22. The minimum Gasteiger partial charge on any atom is -0.497 e. The SMILES string of the molecule is COc1ccc(C(=O)NC(C(C(C)=O)C(C)=O)(C(F)(F)F)C(F)(F)F)cc1. The van der Waals surface area contributed by atoms with Crippen molar-refractivity contribution in [3.8, 4) is 5.75 Å². The number of carbonyl (C=O) groups excluding carboxylic acids is 3. The standard InChI is InChI=1S/C16H15F6NO4/c1-8(24)12(9(2)25)14(15(17,18)19,16(20,21)22)23-13(26)10-4-6-11(27-3)7-5-10/h4-7,12H,1-3H3,(H,23,26). The molecule has 0 aliphatic heterocycles. The number of Topliss-reactive ketones (excluding diaryl/α,β-unsaturated/α-hetero) is 2. The van der Waals surface area contributed by atoms with Crippen LogP contribution in [0, 0.1) is 5.92 Å². The Morgan fingerprint density at radius 1 is 0.889 bits per heavy atom. The zero-order valence-corrected chi connectivity index (χ0v) is 14.3. The molecule has 11 heteroatoms. The molecule has 1 N–H and O–H groups in total. The number of ketones is 2. The number of alkyl halides is 6. The molecule has 0 fully saturated rings. The van der Waals surface area contributed by atoms with Crippen LogP contribution in [-0.2, 0) is 9.59 Å². The number of rotatable bonds is 6. The number of amides is 1. The van der Waals surface area contributed by atoms with E-state index >= 15 is 0 Å². The van der Waals surface area contributed by atoms with Gasteiger partial charge in [-0.15, -0.1) is 0 Å². The van der Waals surface area contributed by atoms with Gasteiger partial charge in [-0.2, -0.15) is 26.3 Å². The minimum atomic E-state index is -6.19. The maximum atomic E-state index is 13.6. The smallest absolute Gasteiger partial charge is 0.421 e. The van der Waals surface area contributed by atoms with Crippen molar-refractivity contribution in [1.29, 1.82) is 0 Å². The topological polar surface area (TPSA) is 72.5 Å². The number of ether oxygens (including phenoxy) is 1. The molecule has 0 unspecified atom stereocenters. The number of methoxy groups -OCH3 is 1. The first-order chi connectivity index (χ1) is 12.2. The Bertz CT molecular complexity index is 696. The molecule has 0 radical (unpaired) electrons. The number of benzene rings is 1. The van der Waals surface area contributed by atoms with Gasteiger partial charge in [-0.05, 0) is 38.1 Å². The Morgan fingerprint density at radius 3 is 1.59 bits per heavy atom. The van der Waals surface area contributed by atoms with E-state index in [4.69, 9.17) is 4.74 Å². The molecule has 0 bridgehead atoms. The van der Waals surface area contributed by atoms with Crippen LogP contribution < -0.4 is 10.1 Å². The van der Waals surface area contributed by atoms with Gasteiger partial charge in [0.05, 0.1) is 7.11 Å². The highest BCUT2D eigenvalue weighted by molar-refractivity contribution is 6.03. The van der Waals surface area contributed by atoms with E-state index in [1.165, 1.54) is 7.11 Å². The summed E-state index contributed by atoms with van der Waals surface area (Å²) in [6.45, 7) is 0.829. The van der Waals surface area contributed by atoms with Crippen molar-refractivity contribution in [3.63, 3.8) is 0 Å². The normalized spacial score (nSPS) is 12.7. The molecule has 1 amide bonds. The van der Waals surface area contributed by atoms with Gasteiger partial charge in [0.15, 0.2) is 0 Å². The molecule has 0 aromatic heterocycles. The Morgan fingerprint density at radius 2 is 1.30 bits per heavy atom. The van der Waals surface area contributed by atoms with Crippen LogP contribution in [0.2, 0.25) is 0 Å². The Hall–Kier alpha value is -2.59. The van der Waals surface area contributed by atoms with Crippen molar-refractivity contribution in [2.75, 3.05) is 7.11 Å². The lowest BCUT2D eigenvalue weighted by molar-refractivity contribution is -0.313. The van der Waals surface area contributed by atoms with Gasteiger partial charge in [0, 0.05) is 5.56 Å². The summed E-state index contributed by atoms with van der Waals surface area (Å²) in [5, 5.41) is 0.856. The van der Waals surface area contributed by atoms with Gasteiger partial charge in [-0.1, -0.05) is 0 Å². The van der Waals surface area contributed by atoms with Crippen LogP contribution in [0.4, 0.5) is 26.3 Å². The molecule has 0 aliphatic rings. The fraction of sp³-hybridized carbons (Fsp3) is 0.438. The van der Waals surface area contributed by atoms with Crippen LogP contribution in [0.3, 0.4) is 0 Å². The average molecular weight is 399 g/mol. The first-order valence-corrected chi connectivity index (χ1v) is 7.30. The van der Waals surface area contributed by atoms with E-state index in [1.54, 1.807) is 0 Å². The van der Waals surface area contributed by atoms with Gasteiger partial charge in [0.1, 0.15) is 23.2 Å². The number of halogens is 6. The number of nitrogens with one attached hydrogen (secondary N) is 1. The maximum absolute atomic E-state index is 13.6. The molecule has 5 nitrogen and oxygen atoms in total. The van der Waals surface area contributed by atoms with Gasteiger partial charge in [0.25, 0.3) is 5.91 Å². The van der Waals surface area contributed by atoms with Crippen LogP contribution in [0.1, 0.15) is 24.2 Å². The summed E-state index contributed by atoms with van der Waals surface area (Å²) in [5.74, 6) is -8.13. The van der Waals surface area contributed by atoms with E-state index in [-0.39, 0.29) is 5.75 Å². The fourth-order valence-corrected chi connectivity index (χ4v) is 2.59. The van der Waals surface area contributed by atoms with Crippen LogP contribution in [-0.4, -0.2) is 42.5 Å². The Kier molecular flexibility index (Phi) is 6.29. The van der Waals surface area contributed by atoms with Crippen LogP contribution >= 0.6 is 0 Å². The quantitative estimate of drug-likeness (QED) is 0.590. The summed E-state index contributed by atoms with van der Waals surface area (Å²) in [6, 6.07) is 4.15. The minimum absolute atomic E-state index is 0.204. The monoisotopic (exact) mass is 399 g/mol. The summed E-state index contributed by atoms with van der Waals surface area (Å²) < 4.78 is 86.2. The van der Waals surface area contributed by atoms with E-state index < -0.39 is 46.8 Å². The van der Waals surface area contributed by atoms with Gasteiger partial charge >= 0.3 is 12.4 Å². The summed E-state index contributed by atoms with van der Waals surface area (Å²) >= 11 is 0. The molecule has 0 heterocycles. The lowest BCUT2D eigenvalue weighted by Crippen LogP contribution is -2.73. The van der Waals surface area contributed by atoms with Crippen LogP contribution in [0.25, 0.3) is 0 Å². The molecule has 150 valence electrons. The largest absolute Gasteiger partial charge is 0.497 e. The first kappa shape index (κ1) is 22.5. The molecule has 1 aromatic carbocycles. The molecule has 0 saturated carbocycles. The van der Waals surface area contributed by atoms with Crippen molar-refractivity contribution < 1.29 is 45.5 Å². The highest BCUT2D eigenvalue weighted by atomic mass is 19.4. The Labute approximate surface area is 149 Å². The summed E-state index contributed by atoms with van der Waals surface area (Å²) in [5.41, 5.74) is -5.63. The Balaban J connectivity index is 3.59. The van der Waals surface area contributed by atoms with Crippen molar-refractivity contribution >= 4 is 17.5 Å². The highest BCUT2D eigenvalue weighted by Crippen LogP contribution is 2.48. The predicted molar refractivity (Wildman–Crippen MR) is 80.2 cm³/mol. The molecule has 27 heavy (non-hydrogen) atoms. The second kappa shape index (κ2) is 7.57. The third-order valence-electron chi connectivity index (χ3n) is 3.80. The fourth-order valence-electron chi connectivity index (χ4n) is 2.59. The van der Waals surface area contributed by atoms with E-state index in [0.717, 1.165) is 29.6 Å². The molecule has 0 saturated heterocycles. The highest BCUT2D eigenvalue weighted by Gasteiger charge is 2.77. The second-order valence-corrected chi connectivity index (χ2v) is 5.64. The number of carbonyl (C=O) groups is 3. The van der Waals surface area contributed by atoms with Crippen molar-refractivity contribution in [1.82, 2.24) is 5.32 Å². The molecule has 1 aromatic rings. The van der Waals surface area contributed by atoms with Crippen molar-refractivity contribution in [3.05, 3.63) is 29.8 Å². The number of hydrogen-bond acceptors (Lipinski definition) is 4. The number of hydrogen-bond donors (Lipinski definition) is 1. The van der Waals surface area contributed by atoms with Crippen LogP contribution in [0.15, 0.2) is 24.3 Å². The van der Waals surface area contributed by atoms with Gasteiger partial charge in [-0.3, -0.25) is 14.4 Å². The zero-order chi connectivity index (χ0) is 21.2. The summed E-state index contributed by atoms with van der Waals surface area (Å²) in [6.07, 6.45) is -12.4. The van der Waals surface area contributed by atoms with E-state index in [0.29, 0.717) is 13.8 Å². The zero-order valence-electron chi connectivity index (χ0n) is 14.3. The van der Waals surface area contributed by atoms with Gasteiger partial charge < -0.3 is 10.1 Å². The average Bonchev–Trinajstić information content (AvgIpc) is 2.51. The molecule has 0 aliphatic carbocycles. The predicted octanol–water partition coefficient (Wildman–Crippen LogP) is 3.08. The summed E-state index contributed by atoms with van der Waals surface area (Å²) in [7, 11) is 1.26. The lowest BCUT2D eigenvalue weighted by atomic mass is 9.77. The third-order valence-corrected chi connectivity index (χ3v) is 3.80. The van der Waals surface area contributed by atoms with Crippen LogP contribution in [0.5, 0.6) is 5.75 Å². The van der Waals surface area contributed by atoms with Crippen molar-refractivity contribution in [2.24, 2.45) is 5.92 Å². The molecule has 0 atom stereocenters. The molecule has 0 spiro atoms. The van der Waals surface area contributed by atoms with Crippen molar-refractivity contribution in [2.45, 2.75) is 31.7 Å². The summed E-state index contributed by atoms with van der Waals surface area (Å²) in [4.78, 5) is 35.2. The maximum Gasteiger partial charge on any atom is 0.421 e. The van der Waals surface area contributed by atoms with Gasteiger partial charge in [-0.25, -0.2) is 0 Å². The molecular formula is C16H15F6NO4. The van der Waals surface area contributed by atoms with E-state index in [1.807, 2.05) is 0 Å². The molecular weight excluding hydrogens is 384 g/mol. The van der Waals surface area contributed by atoms with E-state index in [2.05, 4.69) is 0 Å². The van der Waals surface area contributed by atoms with Gasteiger partial charge in [0.2, 0.25) is 5.54 Å². The second-order valence-electron chi connectivity index (χ2n) is 5.64. The first-order valence-electron chi connectivity index (χ1n) is 7.30. The lowest BCUT2D eigenvalue weighted by Gasteiger charge is -2.41.